The van der Waals surface area contributed by atoms with Gasteiger partial charge in [-0.15, -0.1) is 12.3 Å². The van der Waals surface area contributed by atoms with Crippen LogP contribution < -0.4 is 10.9 Å². The Morgan fingerprint density at radius 3 is 2.75 bits per heavy atom. The number of fused-ring (bicyclic) bond motifs is 1. The molecular weight excluding hydrogens is 352 g/mol. The molecule has 0 saturated carbocycles. The Labute approximate surface area is 161 Å². The molecular formula is C21H18N6O. The van der Waals surface area contributed by atoms with Crippen LogP contribution in [-0.2, 0) is 0 Å². The van der Waals surface area contributed by atoms with Gasteiger partial charge in [-0.05, 0) is 43.3 Å². The van der Waals surface area contributed by atoms with Gasteiger partial charge in [-0.1, -0.05) is 0 Å². The van der Waals surface area contributed by atoms with Crippen molar-refractivity contribution >= 4 is 22.7 Å². The first kappa shape index (κ1) is 17.5. The smallest absolute Gasteiger partial charge is 0.252 e. The number of pyridine rings is 1. The molecule has 7 nitrogen and oxygen atoms in total. The van der Waals surface area contributed by atoms with E-state index in [1.807, 2.05) is 43.5 Å². The molecule has 0 aliphatic carbocycles. The molecule has 3 aromatic heterocycles. The fourth-order valence-corrected chi connectivity index (χ4v) is 3.03. The topological polar surface area (TPSA) is 77.6 Å². The SMILES string of the molecule is C#CCC(C)n1c(=O)ccc2cnc(Nc3ccc(-n4cccn4)cc3)nc21. The summed E-state index contributed by atoms with van der Waals surface area (Å²) < 4.78 is 3.39. The number of benzene rings is 1. The van der Waals surface area contributed by atoms with Crippen LogP contribution in [0.4, 0.5) is 11.6 Å². The van der Waals surface area contributed by atoms with Crippen LogP contribution >= 0.6 is 0 Å². The summed E-state index contributed by atoms with van der Waals surface area (Å²) in [7, 11) is 0. The van der Waals surface area contributed by atoms with E-state index >= 15 is 0 Å². The van der Waals surface area contributed by atoms with E-state index in [0.717, 1.165) is 16.8 Å². The summed E-state index contributed by atoms with van der Waals surface area (Å²) in [5.41, 5.74) is 2.20. The third-order valence-corrected chi connectivity index (χ3v) is 4.41. The molecule has 138 valence electrons. The third-order valence-electron chi connectivity index (χ3n) is 4.41. The van der Waals surface area contributed by atoms with Crippen LogP contribution in [0.25, 0.3) is 16.7 Å². The van der Waals surface area contributed by atoms with Crippen LogP contribution in [0.2, 0.25) is 0 Å². The summed E-state index contributed by atoms with van der Waals surface area (Å²) in [5, 5.41) is 8.17. The Bertz CT molecular complexity index is 1200. The number of nitrogens with one attached hydrogen (secondary N) is 1. The number of anilines is 2. The first-order chi connectivity index (χ1) is 13.7. The molecule has 1 atom stereocenters. The first-order valence-corrected chi connectivity index (χ1v) is 8.84. The van der Waals surface area contributed by atoms with Crippen LogP contribution in [0, 0.1) is 12.3 Å². The molecule has 0 saturated heterocycles. The van der Waals surface area contributed by atoms with Crippen molar-refractivity contribution in [3.8, 4) is 18.0 Å². The summed E-state index contributed by atoms with van der Waals surface area (Å²) in [4.78, 5) is 21.3. The van der Waals surface area contributed by atoms with Gasteiger partial charge in [0.1, 0.15) is 5.65 Å². The van der Waals surface area contributed by atoms with E-state index in [9.17, 15) is 4.79 Å². The van der Waals surface area contributed by atoms with E-state index in [0.29, 0.717) is 18.0 Å². The summed E-state index contributed by atoms with van der Waals surface area (Å²) in [6, 6.07) is 12.7. The maximum atomic E-state index is 12.4. The van der Waals surface area contributed by atoms with E-state index < -0.39 is 0 Å². The van der Waals surface area contributed by atoms with E-state index in [2.05, 4.69) is 26.3 Å². The van der Waals surface area contributed by atoms with Crippen molar-refractivity contribution in [2.45, 2.75) is 19.4 Å². The lowest BCUT2D eigenvalue weighted by Crippen LogP contribution is -2.23. The molecule has 28 heavy (non-hydrogen) atoms. The largest absolute Gasteiger partial charge is 0.324 e. The molecule has 7 heteroatoms. The minimum absolute atomic E-state index is 0.136. The molecule has 4 rings (SSSR count). The molecule has 4 aromatic rings. The Balaban J connectivity index is 1.67. The molecule has 0 aliphatic heterocycles. The van der Waals surface area contributed by atoms with E-state index in [1.54, 1.807) is 27.7 Å². The molecule has 1 N–H and O–H groups in total. The molecule has 0 bridgehead atoms. The number of aromatic nitrogens is 5. The van der Waals surface area contributed by atoms with Gasteiger partial charge in [-0.25, -0.2) is 9.67 Å². The van der Waals surface area contributed by atoms with Crippen LogP contribution in [0.5, 0.6) is 0 Å². The fraction of sp³-hybridized carbons (Fsp3) is 0.143. The van der Waals surface area contributed by atoms with E-state index in [4.69, 9.17) is 6.42 Å². The Kier molecular flexibility index (Phi) is 4.60. The fourth-order valence-electron chi connectivity index (χ4n) is 3.03. The number of terminal acetylenes is 1. The second kappa shape index (κ2) is 7.37. The van der Waals surface area contributed by atoms with Crippen molar-refractivity contribution in [2.75, 3.05) is 5.32 Å². The van der Waals surface area contributed by atoms with Crippen molar-refractivity contribution < 1.29 is 0 Å². The predicted molar refractivity (Wildman–Crippen MR) is 109 cm³/mol. The van der Waals surface area contributed by atoms with Gasteiger partial charge in [-0.3, -0.25) is 9.36 Å². The maximum Gasteiger partial charge on any atom is 0.252 e. The second-order valence-electron chi connectivity index (χ2n) is 6.39. The summed E-state index contributed by atoms with van der Waals surface area (Å²) in [5.74, 6) is 3.01. The lowest BCUT2D eigenvalue weighted by molar-refractivity contribution is 0.558. The molecule has 3 heterocycles. The molecule has 1 unspecified atom stereocenters. The van der Waals surface area contributed by atoms with Crippen molar-refractivity contribution in [3.05, 3.63) is 71.4 Å². The Morgan fingerprint density at radius 1 is 1.21 bits per heavy atom. The normalized spacial score (nSPS) is 11.9. The zero-order valence-corrected chi connectivity index (χ0v) is 15.3. The molecule has 0 aliphatic rings. The van der Waals surface area contributed by atoms with Gasteiger partial charge in [0, 0.05) is 48.2 Å². The lowest BCUT2D eigenvalue weighted by atomic mass is 10.2. The van der Waals surface area contributed by atoms with Crippen LogP contribution in [0.3, 0.4) is 0 Å². The highest BCUT2D eigenvalue weighted by atomic mass is 16.1. The standard InChI is InChI=1S/C21H18N6O/c1-3-5-15(2)27-19(28)11-6-16-14-22-21(25-20(16)27)24-17-7-9-18(10-8-17)26-13-4-12-23-26/h1,4,6-15H,5H2,2H3,(H,22,24,25). The van der Waals surface area contributed by atoms with Gasteiger partial charge < -0.3 is 5.32 Å². The second-order valence-corrected chi connectivity index (χ2v) is 6.39. The van der Waals surface area contributed by atoms with Crippen LogP contribution in [-0.4, -0.2) is 24.3 Å². The quantitative estimate of drug-likeness (QED) is 0.546. The first-order valence-electron chi connectivity index (χ1n) is 8.84. The highest BCUT2D eigenvalue weighted by Gasteiger charge is 2.12. The zero-order chi connectivity index (χ0) is 19.5. The zero-order valence-electron chi connectivity index (χ0n) is 15.3. The summed E-state index contributed by atoms with van der Waals surface area (Å²) in [6.45, 7) is 1.91. The Morgan fingerprint density at radius 2 is 2.04 bits per heavy atom. The number of hydrogen-bond acceptors (Lipinski definition) is 5. The minimum atomic E-state index is -0.155. The summed E-state index contributed by atoms with van der Waals surface area (Å²) >= 11 is 0. The highest BCUT2D eigenvalue weighted by molar-refractivity contribution is 5.75. The Hall–Kier alpha value is -3.92. The highest BCUT2D eigenvalue weighted by Crippen LogP contribution is 2.20. The van der Waals surface area contributed by atoms with Crippen molar-refractivity contribution in [2.24, 2.45) is 0 Å². The maximum absolute atomic E-state index is 12.4. The van der Waals surface area contributed by atoms with E-state index in [-0.39, 0.29) is 11.6 Å². The van der Waals surface area contributed by atoms with Gasteiger partial charge in [0.05, 0.1) is 5.69 Å². The lowest BCUT2D eigenvalue weighted by Gasteiger charge is -2.15. The van der Waals surface area contributed by atoms with Gasteiger partial charge in [0.25, 0.3) is 5.56 Å². The van der Waals surface area contributed by atoms with Crippen LogP contribution in [0.15, 0.2) is 65.8 Å². The van der Waals surface area contributed by atoms with Crippen molar-refractivity contribution in [3.63, 3.8) is 0 Å². The number of rotatable bonds is 5. The number of hydrogen-bond donors (Lipinski definition) is 1. The van der Waals surface area contributed by atoms with Gasteiger partial charge in [0.2, 0.25) is 5.95 Å². The molecule has 0 radical (unpaired) electrons. The van der Waals surface area contributed by atoms with Crippen molar-refractivity contribution in [1.29, 1.82) is 0 Å². The van der Waals surface area contributed by atoms with E-state index in [1.165, 1.54) is 6.07 Å². The molecule has 0 fully saturated rings. The van der Waals surface area contributed by atoms with Gasteiger partial charge in [0.15, 0.2) is 0 Å². The third kappa shape index (κ3) is 3.35. The summed E-state index contributed by atoms with van der Waals surface area (Å²) in [6.07, 6.45) is 11.2. The molecule has 0 spiro atoms. The van der Waals surface area contributed by atoms with Crippen molar-refractivity contribution in [1.82, 2.24) is 24.3 Å². The minimum Gasteiger partial charge on any atom is -0.324 e. The monoisotopic (exact) mass is 370 g/mol. The average molecular weight is 370 g/mol. The predicted octanol–water partition coefficient (Wildman–Crippen LogP) is 3.31. The number of nitrogens with zero attached hydrogens (tertiary/aromatic N) is 5. The van der Waals surface area contributed by atoms with Gasteiger partial charge in [-0.2, -0.15) is 10.1 Å². The molecule has 0 amide bonds. The molecule has 1 aromatic carbocycles. The van der Waals surface area contributed by atoms with Crippen LogP contribution in [0.1, 0.15) is 19.4 Å². The average Bonchev–Trinajstić information content (AvgIpc) is 3.23. The van der Waals surface area contributed by atoms with Gasteiger partial charge >= 0.3 is 0 Å².